The Hall–Kier alpha value is -3.82. The average Bonchev–Trinajstić information content (AvgIpc) is 3.65. The van der Waals surface area contributed by atoms with E-state index in [-0.39, 0.29) is 42.4 Å². The number of hydrogen-bond donors (Lipinski definition) is 2. The van der Waals surface area contributed by atoms with Crippen LogP contribution in [0.5, 0.6) is 0 Å². The second kappa shape index (κ2) is 7.34. The van der Waals surface area contributed by atoms with Crippen LogP contribution in [-0.4, -0.2) is 55.5 Å². The molecule has 3 heterocycles. The third-order valence-corrected chi connectivity index (χ3v) is 7.23. The Morgan fingerprint density at radius 3 is 2.74 bits per heavy atom. The van der Waals surface area contributed by atoms with Gasteiger partial charge in [0.05, 0.1) is 17.8 Å². The molecule has 0 bridgehead atoms. The van der Waals surface area contributed by atoms with Crippen LogP contribution >= 0.6 is 0 Å². The van der Waals surface area contributed by atoms with E-state index in [0.29, 0.717) is 22.9 Å². The van der Waals surface area contributed by atoms with E-state index in [9.17, 15) is 14.4 Å². The van der Waals surface area contributed by atoms with Crippen LogP contribution in [0.15, 0.2) is 48.8 Å². The van der Waals surface area contributed by atoms with Crippen molar-refractivity contribution < 1.29 is 18.8 Å². The maximum Gasteiger partial charge on any atom is 0.269 e. The highest BCUT2D eigenvalue weighted by molar-refractivity contribution is 6.04. The molecule has 1 aliphatic heterocycles. The third-order valence-electron chi connectivity index (χ3n) is 7.23. The number of carbonyl (C=O) groups excluding carboxylic acids is 3. The molecule has 3 aliphatic rings. The van der Waals surface area contributed by atoms with Crippen molar-refractivity contribution in [2.45, 2.75) is 49.6 Å². The van der Waals surface area contributed by atoms with Crippen LogP contribution in [0.1, 0.15) is 35.3 Å². The van der Waals surface area contributed by atoms with E-state index >= 15 is 4.39 Å². The highest BCUT2D eigenvalue weighted by atomic mass is 19.1. The van der Waals surface area contributed by atoms with Crippen molar-refractivity contribution >= 4 is 28.6 Å². The standard InChI is InChI=1S/C24H23FN6O3/c25-24(14-4-2-1-3-5-14)10-19(24)28-23(34)17-9-13-8-16(13)31(17)20(32)12-30-18-11-27-7-6-15(18)21(29-30)22(26)33/h1-7,11,13,16-17,19H,8-10,12H2,(H2,26,33)(H,28,34)/t13-,16-,17+,19+,24+/m1/s1. The number of benzene rings is 1. The molecule has 6 rings (SSSR count). The Labute approximate surface area is 194 Å². The van der Waals surface area contributed by atoms with E-state index in [4.69, 9.17) is 5.73 Å². The van der Waals surface area contributed by atoms with E-state index in [1.807, 2.05) is 6.07 Å². The molecule has 9 nitrogen and oxygen atoms in total. The zero-order chi connectivity index (χ0) is 23.6. The minimum atomic E-state index is -1.57. The van der Waals surface area contributed by atoms with Gasteiger partial charge < -0.3 is 16.0 Å². The summed E-state index contributed by atoms with van der Waals surface area (Å²) in [5.41, 5.74) is 5.00. The predicted molar refractivity (Wildman–Crippen MR) is 119 cm³/mol. The first-order valence-electron chi connectivity index (χ1n) is 11.3. The first-order valence-corrected chi connectivity index (χ1v) is 11.3. The molecule has 1 aromatic carbocycles. The first-order chi connectivity index (χ1) is 16.4. The number of fused-ring (bicyclic) bond motifs is 2. The molecule has 3 amide bonds. The molecule has 5 atom stereocenters. The van der Waals surface area contributed by atoms with Gasteiger partial charge in [0, 0.05) is 24.0 Å². The summed E-state index contributed by atoms with van der Waals surface area (Å²) in [5, 5.41) is 7.56. The Morgan fingerprint density at radius 1 is 1.18 bits per heavy atom. The molecule has 0 spiro atoms. The number of amides is 3. The van der Waals surface area contributed by atoms with Crippen molar-refractivity contribution in [1.82, 2.24) is 25.0 Å². The zero-order valence-corrected chi connectivity index (χ0v) is 18.2. The monoisotopic (exact) mass is 462 g/mol. The lowest BCUT2D eigenvalue weighted by Crippen LogP contribution is -2.50. The van der Waals surface area contributed by atoms with Crippen molar-refractivity contribution in [3.05, 3.63) is 60.0 Å². The number of aromatic nitrogens is 3. The van der Waals surface area contributed by atoms with Crippen LogP contribution in [0.2, 0.25) is 0 Å². The topological polar surface area (TPSA) is 123 Å². The smallest absolute Gasteiger partial charge is 0.269 e. The van der Waals surface area contributed by atoms with Crippen LogP contribution in [0.3, 0.4) is 0 Å². The summed E-state index contributed by atoms with van der Waals surface area (Å²) in [5.74, 6) is -1.02. The summed E-state index contributed by atoms with van der Waals surface area (Å²) in [6, 6.07) is 9.19. The van der Waals surface area contributed by atoms with Gasteiger partial charge in [-0.1, -0.05) is 30.3 Å². The number of primary amides is 1. The van der Waals surface area contributed by atoms with Gasteiger partial charge in [0.25, 0.3) is 5.91 Å². The molecule has 2 saturated carbocycles. The largest absolute Gasteiger partial charge is 0.364 e. The Kier molecular flexibility index (Phi) is 4.48. The van der Waals surface area contributed by atoms with Gasteiger partial charge in [-0.25, -0.2) is 4.39 Å². The molecule has 3 aromatic rings. The summed E-state index contributed by atoms with van der Waals surface area (Å²) >= 11 is 0. The number of nitrogens with two attached hydrogens (primary N) is 1. The maximum absolute atomic E-state index is 15.2. The normalized spacial score (nSPS) is 29.0. The van der Waals surface area contributed by atoms with Gasteiger partial charge >= 0.3 is 0 Å². The summed E-state index contributed by atoms with van der Waals surface area (Å²) in [6.07, 6.45) is 4.68. The minimum absolute atomic E-state index is 0.00210. The summed E-state index contributed by atoms with van der Waals surface area (Å²) in [4.78, 5) is 43.9. The fourth-order valence-corrected chi connectivity index (χ4v) is 5.29. The van der Waals surface area contributed by atoms with Gasteiger partial charge in [-0.15, -0.1) is 0 Å². The molecule has 2 aliphatic carbocycles. The molecule has 3 N–H and O–H groups in total. The van der Waals surface area contributed by atoms with E-state index < -0.39 is 23.7 Å². The lowest BCUT2D eigenvalue weighted by molar-refractivity contribution is -0.140. The van der Waals surface area contributed by atoms with E-state index in [0.717, 1.165) is 6.42 Å². The van der Waals surface area contributed by atoms with Crippen LogP contribution in [0.4, 0.5) is 4.39 Å². The zero-order valence-electron chi connectivity index (χ0n) is 18.2. The highest BCUT2D eigenvalue weighted by Crippen LogP contribution is 2.51. The Morgan fingerprint density at radius 2 is 1.97 bits per heavy atom. The lowest BCUT2D eigenvalue weighted by atomic mass is 10.1. The van der Waals surface area contributed by atoms with Crippen molar-refractivity contribution in [1.29, 1.82) is 0 Å². The fourth-order valence-electron chi connectivity index (χ4n) is 5.29. The molecular weight excluding hydrogens is 439 g/mol. The molecule has 0 unspecified atom stereocenters. The molecule has 174 valence electrons. The quantitative estimate of drug-likeness (QED) is 0.571. The molecule has 0 radical (unpaired) electrons. The van der Waals surface area contributed by atoms with Gasteiger partial charge in [-0.2, -0.15) is 5.10 Å². The van der Waals surface area contributed by atoms with Gasteiger partial charge in [-0.05, 0) is 30.4 Å². The lowest BCUT2D eigenvalue weighted by Gasteiger charge is -2.27. The number of alkyl halides is 1. The summed E-state index contributed by atoms with van der Waals surface area (Å²) in [7, 11) is 0. The first kappa shape index (κ1) is 20.8. The number of nitrogens with one attached hydrogen (secondary N) is 1. The van der Waals surface area contributed by atoms with Gasteiger partial charge in [0.15, 0.2) is 11.4 Å². The predicted octanol–water partition coefficient (Wildman–Crippen LogP) is 1.27. The molecule has 34 heavy (non-hydrogen) atoms. The second-order valence-electron chi connectivity index (χ2n) is 9.37. The summed E-state index contributed by atoms with van der Waals surface area (Å²) < 4.78 is 16.6. The van der Waals surface area contributed by atoms with Crippen molar-refractivity contribution in [3.8, 4) is 0 Å². The number of rotatable bonds is 6. The molecule has 2 aromatic heterocycles. The highest BCUT2D eigenvalue weighted by Gasteiger charge is 2.60. The number of piperidine rings is 1. The molecule has 1 saturated heterocycles. The number of pyridine rings is 1. The number of carbonyl (C=O) groups is 3. The van der Waals surface area contributed by atoms with Crippen molar-refractivity contribution in [2.24, 2.45) is 11.7 Å². The third kappa shape index (κ3) is 3.24. The van der Waals surface area contributed by atoms with Gasteiger partial charge in [0.1, 0.15) is 12.6 Å². The van der Waals surface area contributed by atoms with E-state index in [1.54, 1.807) is 35.2 Å². The number of hydrogen-bond acceptors (Lipinski definition) is 5. The molecule has 10 heteroatoms. The van der Waals surface area contributed by atoms with Gasteiger partial charge in [-0.3, -0.25) is 24.0 Å². The van der Waals surface area contributed by atoms with Crippen LogP contribution in [0.25, 0.3) is 10.9 Å². The molecular formula is C24H23FN6O3. The fraction of sp³-hybridized carbons (Fsp3) is 0.375. The summed E-state index contributed by atoms with van der Waals surface area (Å²) in [6.45, 7) is -0.150. The Bertz CT molecular complexity index is 1330. The average molecular weight is 462 g/mol. The van der Waals surface area contributed by atoms with Gasteiger partial charge in [0.2, 0.25) is 11.8 Å². The van der Waals surface area contributed by atoms with E-state index in [1.165, 1.54) is 17.1 Å². The van der Waals surface area contributed by atoms with Crippen LogP contribution < -0.4 is 11.1 Å². The minimum Gasteiger partial charge on any atom is -0.364 e. The van der Waals surface area contributed by atoms with Crippen molar-refractivity contribution in [2.75, 3.05) is 0 Å². The Balaban J connectivity index is 1.19. The van der Waals surface area contributed by atoms with Crippen molar-refractivity contribution in [3.63, 3.8) is 0 Å². The SMILES string of the molecule is NC(=O)c1nn(CC(=O)N2[C@@H]3C[C@@H]3C[C@H]2C(=O)N[C@H]2C[C@]2(F)c2ccccc2)c2cnccc12. The van der Waals surface area contributed by atoms with Crippen LogP contribution in [-0.2, 0) is 21.8 Å². The molecule has 3 fully saturated rings. The number of nitrogens with zero attached hydrogens (tertiary/aromatic N) is 4. The number of likely N-dealkylation sites (tertiary alicyclic amines) is 1. The van der Waals surface area contributed by atoms with Crippen LogP contribution in [0, 0.1) is 5.92 Å². The maximum atomic E-state index is 15.2. The number of halogens is 1. The second-order valence-corrected chi connectivity index (χ2v) is 9.37. The van der Waals surface area contributed by atoms with E-state index in [2.05, 4.69) is 15.4 Å².